The number of benzene rings is 1. The fourth-order valence-electron chi connectivity index (χ4n) is 6.19. The van der Waals surface area contributed by atoms with E-state index in [1.165, 1.54) is 0 Å². The summed E-state index contributed by atoms with van der Waals surface area (Å²) in [7, 11) is 0. The van der Waals surface area contributed by atoms with Gasteiger partial charge in [0.25, 0.3) is 0 Å². The molecule has 0 saturated carbocycles. The molecule has 0 aliphatic carbocycles. The summed E-state index contributed by atoms with van der Waals surface area (Å²) in [5.41, 5.74) is 10.3. The zero-order chi connectivity index (χ0) is 26.8. The Morgan fingerprint density at radius 3 is 2.64 bits per heavy atom. The lowest BCUT2D eigenvalue weighted by molar-refractivity contribution is 0.224. The maximum absolute atomic E-state index is 13.9. The molecule has 3 unspecified atom stereocenters. The van der Waals surface area contributed by atoms with Gasteiger partial charge in [0, 0.05) is 49.2 Å². The molecule has 3 fully saturated rings. The zero-order valence-electron chi connectivity index (χ0n) is 22.0. The third-order valence-electron chi connectivity index (χ3n) is 8.06. The fourth-order valence-corrected chi connectivity index (χ4v) is 6.19. The summed E-state index contributed by atoms with van der Waals surface area (Å²) < 4.78 is 13.9. The normalized spacial score (nSPS) is 23.3. The van der Waals surface area contributed by atoms with E-state index in [0.29, 0.717) is 48.7 Å². The fraction of sp³-hybridized carbons (Fsp3) is 0.433. The second-order valence-electron chi connectivity index (χ2n) is 10.7. The van der Waals surface area contributed by atoms with Crippen molar-refractivity contribution in [1.82, 2.24) is 20.1 Å². The minimum Gasteiger partial charge on any atom is -0.507 e. The van der Waals surface area contributed by atoms with Gasteiger partial charge in [-0.2, -0.15) is 0 Å². The number of hydrogen-bond donors (Lipinski definition) is 2. The topological polar surface area (TPSA) is 94.6 Å². The van der Waals surface area contributed by atoms with Crippen LogP contribution in [0.25, 0.3) is 11.3 Å². The first-order valence-electron chi connectivity index (χ1n) is 13.8. The van der Waals surface area contributed by atoms with Crippen molar-refractivity contribution in [3.8, 4) is 28.8 Å². The minimum atomic E-state index is -0.750. The van der Waals surface area contributed by atoms with Crippen LogP contribution in [-0.2, 0) is 0 Å². The number of nitrogen functional groups attached to an aromatic ring is 1. The van der Waals surface area contributed by atoms with Crippen molar-refractivity contribution in [2.75, 3.05) is 48.3 Å². The first-order chi connectivity index (χ1) is 19.0. The average Bonchev–Trinajstić information content (AvgIpc) is 3.07. The molecule has 3 saturated heterocycles. The van der Waals surface area contributed by atoms with Crippen LogP contribution in [-0.4, -0.2) is 76.2 Å². The van der Waals surface area contributed by atoms with Gasteiger partial charge >= 0.3 is 0 Å². The first-order valence-corrected chi connectivity index (χ1v) is 13.8. The second-order valence-corrected chi connectivity index (χ2v) is 10.7. The highest BCUT2D eigenvalue weighted by Crippen LogP contribution is 2.39. The number of alkyl halides is 1. The van der Waals surface area contributed by atoms with Gasteiger partial charge in [0.2, 0.25) is 0 Å². The van der Waals surface area contributed by atoms with Gasteiger partial charge < -0.3 is 20.6 Å². The molecule has 0 radical (unpaired) electrons. The van der Waals surface area contributed by atoms with Crippen molar-refractivity contribution in [1.29, 1.82) is 0 Å². The Morgan fingerprint density at radius 1 is 1.00 bits per heavy atom. The molecule has 9 heteroatoms. The quantitative estimate of drug-likeness (QED) is 0.494. The summed E-state index contributed by atoms with van der Waals surface area (Å²) in [5, 5.41) is 18.8. The van der Waals surface area contributed by atoms with Crippen LogP contribution in [0.15, 0.2) is 48.7 Å². The van der Waals surface area contributed by atoms with Crippen LogP contribution < -0.4 is 15.5 Å². The lowest BCUT2D eigenvalue weighted by Gasteiger charge is -2.43. The number of pyridine rings is 1. The summed E-state index contributed by atoms with van der Waals surface area (Å²) in [6.07, 6.45) is 5.90. The molecule has 3 aromatic rings. The van der Waals surface area contributed by atoms with Crippen molar-refractivity contribution < 1.29 is 9.50 Å². The number of rotatable bonds is 4. The van der Waals surface area contributed by atoms with Gasteiger partial charge in [-0.1, -0.05) is 18.1 Å². The smallest absolute Gasteiger partial charge is 0.169 e. The molecule has 3 atom stereocenters. The van der Waals surface area contributed by atoms with Gasteiger partial charge in [-0.15, -0.1) is 10.2 Å². The number of phenolic OH excluding ortho intramolecular Hbond substituents is 1. The van der Waals surface area contributed by atoms with E-state index < -0.39 is 6.17 Å². The van der Waals surface area contributed by atoms with Gasteiger partial charge in [-0.25, -0.2) is 9.37 Å². The van der Waals surface area contributed by atoms with Crippen molar-refractivity contribution in [3.05, 3.63) is 54.4 Å². The van der Waals surface area contributed by atoms with E-state index >= 15 is 0 Å². The molecule has 2 aromatic heterocycles. The standard InChI is InChI=1S/C30H34FN7O/c31-21-6-3-4-14-36(18-21)15-5-7-22-16-23(12-13-33-22)38-24-10-11-25(38)20-37(19-24)28-17-27(34-35-30(28)32)26-8-1-2-9-29(26)39/h1-2,8-9,12-13,16-17,21,24-25,39H,3-4,6,10-11,14-15,18-20H2,(H2,32,35). The number of likely N-dealkylation sites (tertiary alicyclic amines) is 1. The molecule has 8 nitrogen and oxygen atoms in total. The molecule has 39 heavy (non-hydrogen) atoms. The van der Waals surface area contributed by atoms with Crippen LogP contribution in [0.5, 0.6) is 5.75 Å². The number of anilines is 3. The highest BCUT2D eigenvalue weighted by molar-refractivity contribution is 5.74. The predicted octanol–water partition coefficient (Wildman–Crippen LogP) is 3.86. The molecule has 3 N–H and O–H groups in total. The monoisotopic (exact) mass is 527 g/mol. The second kappa shape index (κ2) is 11.1. The molecule has 1 aromatic carbocycles. The van der Waals surface area contributed by atoms with E-state index in [0.717, 1.165) is 62.4 Å². The van der Waals surface area contributed by atoms with E-state index in [1.807, 2.05) is 24.4 Å². The van der Waals surface area contributed by atoms with Crippen LogP contribution in [0.4, 0.5) is 21.6 Å². The Labute approximate surface area is 228 Å². The molecular weight excluding hydrogens is 493 g/mol. The van der Waals surface area contributed by atoms with E-state index in [9.17, 15) is 9.50 Å². The summed E-state index contributed by atoms with van der Waals surface area (Å²) in [5.74, 6) is 7.00. The molecule has 3 aliphatic heterocycles. The molecule has 202 valence electrons. The summed E-state index contributed by atoms with van der Waals surface area (Å²) in [6.45, 7) is 3.58. The van der Waals surface area contributed by atoms with Crippen LogP contribution >= 0.6 is 0 Å². The van der Waals surface area contributed by atoms with Crippen molar-refractivity contribution in [3.63, 3.8) is 0 Å². The Balaban J connectivity index is 1.17. The highest BCUT2D eigenvalue weighted by atomic mass is 19.1. The number of aromatic hydroxyl groups is 1. The molecule has 3 aliphatic rings. The molecule has 5 heterocycles. The van der Waals surface area contributed by atoms with Gasteiger partial charge in [0.15, 0.2) is 5.82 Å². The number of phenols is 1. The number of piperazine rings is 1. The lowest BCUT2D eigenvalue weighted by atomic mass is 10.1. The van der Waals surface area contributed by atoms with Crippen LogP contribution in [0, 0.1) is 11.8 Å². The van der Waals surface area contributed by atoms with Gasteiger partial charge in [0.05, 0.1) is 17.9 Å². The number of nitrogens with zero attached hydrogens (tertiary/aromatic N) is 6. The van der Waals surface area contributed by atoms with Crippen LogP contribution in [0.1, 0.15) is 37.8 Å². The molecule has 6 rings (SSSR count). The van der Waals surface area contributed by atoms with Crippen molar-refractivity contribution in [2.45, 2.75) is 50.4 Å². The minimum absolute atomic E-state index is 0.169. The molecule has 0 amide bonds. The zero-order valence-corrected chi connectivity index (χ0v) is 22.0. The Kier molecular flexibility index (Phi) is 7.20. The summed E-state index contributed by atoms with van der Waals surface area (Å²) in [4.78, 5) is 11.4. The number of fused-ring (bicyclic) bond motifs is 2. The van der Waals surface area contributed by atoms with Gasteiger partial charge in [-0.05, 0) is 74.9 Å². The van der Waals surface area contributed by atoms with E-state index in [4.69, 9.17) is 5.73 Å². The first kappa shape index (κ1) is 25.4. The Bertz CT molecular complexity index is 1370. The largest absolute Gasteiger partial charge is 0.507 e. The predicted molar refractivity (Wildman–Crippen MR) is 151 cm³/mol. The Hall–Kier alpha value is -3.90. The maximum atomic E-state index is 13.9. The van der Waals surface area contributed by atoms with Crippen LogP contribution in [0.3, 0.4) is 0 Å². The van der Waals surface area contributed by atoms with Crippen molar-refractivity contribution >= 4 is 17.2 Å². The highest BCUT2D eigenvalue weighted by Gasteiger charge is 2.40. The average molecular weight is 528 g/mol. The molecule has 2 bridgehead atoms. The van der Waals surface area contributed by atoms with E-state index in [-0.39, 0.29) is 5.75 Å². The van der Waals surface area contributed by atoms with Gasteiger partial charge in [-0.3, -0.25) is 4.90 Å². The van der Waals surface area contributed by atoms with E-state index in [2.05, 4.69) is 53.9 Å². The maximum Gasteiger partial charge on any atom is 0.169 e. The Morgan fingerprint density at radius 2 is 1.82 bits per heavy atom. The third kappa shape index (κ3) is 5.48. The van der Waals surface area contributed by atoms with Crippen LogP contribution in [0.2, 0.25) is 0 Å². The van der Waals surface area contributed by atoms with E-state index in [1.54, 1.807) is 12.1 Å². The number of hydrogen-bond acceptors (Lipinski definition) is 8. The summed E-state index contributed by atoms with van der Waals surface area (Å²) >= 11 is 0. The summed E-state index contributed by atoms with van der Waals surface area (Å²) in [6, 6.07) is 13.9. The number of aromatic nitrogens is 3. The SMILES string of the molecule is Nc1nnc(-c2ccccc2O)cc1N1CC2CCC(C1)N2c1ccnc(C#CCN2CCCCC(F)C2)c1. The third-order valence-corrected chi connectivity index (χ3v) is 8.06. The number of nitrogens with two attached hydrogens (primary N) is 1. The molecular formula is C30H34FN7O. The van der Waals surface area contributed by atoms with Gasteiger partial charge in [0.1, 0.15) is 17.6 Å². The number of halogens is 1. The number of para-hydroxylation sites is 1. The lowest BCUT2D eigenvalue weighted by Crippen LogP contribution is -2.54. The molecule has 0 spiro atoms. The van der Waals surface area contributed by atoms with Crippen molar-refractivity contribution in [2.24, 2.45) is 0 Å².